The zero-order valence-electron chi connectivity index (χ0n) is 24.1. The number of carbonyl (C=O) groups excluding carboxylic acids is 1. The molecule has 1 fully saturated rings. The molecule has 2 bridgehead atoms. The lowest BCUT2D eigenvalue weighted by Gasteiger charge is -2.45. The number of carbonyl (C=O) groups is 1. The van der Waals surface area contributed by atoms with Crippen LogP contribution in [0.15, 0.2) is 48.6 Å². The summed E-state index contributed by atoms with van der Waals surface area (Å²) < 4.78 is 40.7. The Bertz CT molecular complexity index is 1500. The molecule has 2 aliphatic carbocycles. The molecule has 0 saturated heterocycles. The van der Waals surface area contributed by atoms with Gasteiger partial charge in [-0.25, -0.2) is 13.1 Å². The predicted octanol–water partition coefficient (Wildman–Crippen LogP) is 4.62. The van der Waals surface area contributed by atoms with Gasteiger partial charge < -0.3 is 19.5 Å². The van der Waals surface area contributed by atoms with Gasteiger partial charge in [-0.05, 0) is 98.7 Å². The van der Waals surface area contributed by atoms with Gasteiger partial charge in [0, 0.05) is 36.2 Å². The SMILES string of the molecule is CO[C@H]1C/C=C\[C@H](O)[C@@H]2CC[C@H]2CN2C[C@@]3(CCCc4cc(Cl)ccc43)COc3ccc(cc32)C(=O)NS(=O)(=O)[C@H]1C. The molecule has 6 atom stereocenters. The van der Waals surface area contributed by atoms with Crippen LogP contribution in [0.5, 0.6) is 5.75 Å². The fraction of sp³-hybridized carbons (Fsp3) is 0.531. The smallest absolute Gasteiger partial charge is 0.264 e. The van der Waals surface area contributed by atoms with Gasteiger partial charge in [-0.2, -0.15) is 0 Å². The number of aliphatic hydroxyl groups excluding tert-OH is 1. The van der Waals surface area contributed by atoms with E-state index in [2.05, 4.69) is 21.8 Å². The molecule has 2 heterocycles. The van der Waals surface area contributed by atoms with Crippen LogP contribution in [0.3, 0.4) is 0 Å². The molecular formula is C32H39ClN2O6S. The van der Waals surface area contributed by atoms with Gasteiger partial charge in [-0.1, -0.05) is 29.8 Å². The molecule has 1 spiro atoms. The molecule has 1 amide bonds. The number of hydrogen-bond donors (Lipinski definition) is 2. The van der Waals surface area contributed by atoms with E-state index in [4.69, 9.17) is 21.1 Å². The third-order valence-electron chi connectivity index (χ3n) is 9.92. The quantitative estimate of drug-likeness (QED) is 0.452. The lowest BCUT2D eigenvalue weighted by Crippen LogP contribution is -2.49. The molecule has 2 aliphatic heterocycles. The lowest BCUT2D eigenvalue weighted by molar-refractivity contribution is 0.0452. The lowest BCUT2D eigenvalue weighted by atomic mass is 9.68. The van der Waals surface area contributed by atoms with Crippen molar-refractivity contribution >= 4 is 33.2 Å². The zero-order valence-corrected chi connectivity index (χ0v) is 25.7. The number of ether oxygens (including phenoxy) is 2. The summed E-state index contributed by atoms with van der Waals surface area (Å²) in [4.78, 5) is 15.7. The Morgan fingerprint density at radius 1 is 1.19 bits per heavy atom. The summed E-state index contributed by atoms with van der Waals surface area (Å²) in [6, 6.07) is 11.3. The largest absolute Gasteiger partial charge is 0.490 e. The summed E-state index contributed by atoms with van der Waals surface area (Å²) in [5, 5.41) is 10.9. The van der Waals surface area contributed by atoms with Crippen molar-refractivity contribution in [2.24, 2.45) is 11.8 Å². The Kier molecular flexibility index (Phi) is 8.06. The summed E-state index contributed by atoms with van der Waals surface area (Å²) in [5.41, 5.74) is 3.23. The number of benzene rings is 2. The molecular weight excluding hydrogens is 576 g/mol. The highest BCUT2D eigenvalue weighted by molar-refractivity contribution is 7.90. The van der Waals surface area contributed by atoms with Gasteiger partial charge in [0.25, 0.3) is 5.91 Å². The predicted molar refractivity (Wildman–Crippen MR) is 163 cm³/mol. The van der Waals surface area contributed by atoms with E-state index in [0.717, 1.165) is 42.8 Å². The molecule has 10 heteroatoms. The number of nitrogens with one attached hydrogen (secondary N) is 1. The summed E-state index contributed by atoms with van der Waals surface area (Å²) in [7, 11) is -2.59. The average Bonchev–Trinajstić information content (AvgIpc) is 3.09. The normalized spacial score (nSPS) is 33.3. The van der Waals surface area contributed by atoms with Gasteiger partial charge in [0.2, 0.25) is 10.0 Å². The number of halogens is 1. The molecule has 1 saturated carbocycles. The maximum absolute atomic E-state index is 13.3. The molecule has 0 aromatic heterocycles. The maximum Gasteiger partial charge on any atom is 0.264 e. The van der Waals surface area contributed by atoms with Crippen molar-refractivity contribution < 1.29 is 27.8 Å². The van der Waals surface area contributed by atoms with Crippen molar-refractivity contribution in [3.63, 3.8) is 0 Å². The Hall–Kier alpha value is -2.59. The second-order valence-corrected chi connectivity index (χ2v) is 14.9. The van der Waals surface area contributed by atoms with Crippen molar-refractivity contribution in [1.29, 1.82) is 0 Å². The van der Waals surface area contributed by atoms with Gasteiger partial charge in [0.05, 0.1) is 24.5 Å². The topological polar surface area (TPSA) is 105 Å². The third kappa shape index (κ3) is 5.45. The Morgan fingerprint density at radius 2 is 2.02 bits per heavy atom. The number of aryl methyl sites for hydroxylation is 1. The highest BCUT2D eigenvalue weighted by atomic mass is 35.5. The van der Waals surface area contributed by atoms with Gasteiger partial charge in [0.1, 0.15) is 11.0 Å². The number of methoxy groups -OCH3 is 1. The zero-order chi connectivity index (χ0) is 29.6. The highest BCUT2D eigenvalue weighted by Gasteiger charge is 2.44. The maximum atomic E-state index is 13.3. The van der Waals surface area contributed by atoms with E-state index in [1.54, 1.807) is 30.4 Å². The number of amides is 1. The van der Waals surface area contributed by atoms with E-state index >= 15 is 0 Å². The molecule has 8 nitrogen and oxygen atoms in total. The average molecular weight is 615 g/mol. The monoisotopic (exact) mass is 614 g/mol. The fourth-order valence-electron chi connectivity index (χ4n) is 7.26. The van der Waals surface area contributed by atoms with Crippen molar-refractivity contribution in [3.8, 4) is 5.75 Å². The van der Waals surface area contributed by atoms with Crippen LogP contribution in [0.4, 0.5) is 5.69 Å². The van der Waals surface area contributed by atoms with Crippen molar-refractivity contribution in [1.82, 2.24) is 4.72 Å². The molecule has 2 aromatic carbocycles. The van der Waals surface area contributed by atoms with Crippen LogP contribution in [0, 0.1) is 11.8 Å². The van der Waals surface area contributed by atoms with Gasteiger partial charge in [-0.15, -0.1) is 0 Å². The van der Waals surface area contributed by atoms with E-state index in [1.807, 2.05) is 6.07 Å². The summed E-state index contributed by atoms with van der Waals surface area (Å²) in [5.74, 6) is 0.320. The third-order valence-corrected chi connectivity index (χ3v) is 11.9. The standard InChI is InChI=1S/C32H39ClN2O6S/c1-20-29(40-2)7-3-6-28(36)25-11-8-23(25)17-35-18-32(14-4-5-21-15-24(33)10-12-26(21)32)19-41-30-13-9-22(16-27(30)35)31(37)34-42(20,38)39/h3,6,9-10,12-13,15-16,20,23,25,28-29,36H,4-5,7-8,11,14,17-19H2,1-2H3,(H,34,37)/b6-3-/t20-,23-,25+,28-,29-,32-/m0/s1. The van der Waals surface area contributed by atoms with Crippen LogP contribution >= 0.6 is 11.6 Å². The Labute approximate surface area is 253 Å². The number of anilines is 1. The van der Waals surface area contributed by atoms with Crippen LogP contribution in [0.1, 0.15) is 60.5 Å². The van der Waals surface area contributed by atoms with Crippen LogP contribution in [0.25, 0.3) is 0 Å². The number of aliphatic hydroxyl groups is 1. The first kappa shape index (κ1) is 29.5. The summed E-state index contributed by atoms with van der Waals surface area (Å²) in [6.45, 7) is 3.39. The second kappa shape index (κ2) is 11.5. The molecule has 42 heavy (non-hydrogen) atoms. The van der Waals surface area contributed by atoms with Gasteiger partial charge in [0.15, 0.2) is 0 Å². The number of hydrogen-bond acceptors (Lipinski definition) is 7. The minimum atomic E-state index is -4.05. The van der Waals surface area contributed by atoms with Crippen molar-refractivity contribution in [3.05, 3.63) is 70.3 Å². The van der Waals surface area contributed by atoms with Crippen molar-refractivity contribution in [2.75, 3.05) is 31.7 Å². The first-order valence-electron chi connectivity index (χ1n) is 14.8. The Balaban J connectivity index is 1.42. The second-order valence-electron chi connectivity index (χ2n) is 12.4. The van der Waals surface area contributed by atoms with E-state index in [1.165, 1.54) is 25.2 Å². The molecule has 4 aliphatic rings. The van der Waals surface area contributed by atoms with Crippen molar-refractivity contribution in [2.45, 2.75) is 68.3 Å². The van der Waals surface area contributed by atoms with Gasteiger partial charge >= 0.3 is 0 Å². The fourth-order valence-corrected chi connectivity index (χ4v) is 8.64. The molecule has 6 rings (SSSR count). The number of nitrogens with zero attached hydrogens (tertiary/aromatic N) is 1. The van der Waals surface area contributed by atoms with E-state index < -0.39 is 33.4 Å². The molecule has 2 N–H and O–H groups in total. The molecule has 0 unspecified atom stereocenters. The van der Waals surface area contributed by atoms with Crippen LogP contribution in [-0.4, -0.2) is 63.7 Å². The van der Waals surface area contributed by atoms with E-state index in [9.17, 15) is 18.3 Å². The van der Waals surface area contributed by atoms with Crippen LogP contribution in [-0.2, 0) is 26.6 Å². The number of sulfonamides is 1. The number of fused-ring (bicyclic) bond motifs is 4. The molecule has 2 aromatic rings. The van der Waals surface area contributed by atoms with E-state index in [0.29, 0.717) is 31.9 Å². The first-order valence-corrected chi connectivity index (χ1v) is 16.8. The van der Waals surface area contributed by atoms with Gasteiger partial charge in [-0.3, -0.25) is 4.79 Å². The first-order chi connectivity index (χ1) is 20.1. The Morgan fingerprint density at radius 3 is 2.79 bits per heavy atom. The summed E-state index contributed by atoms with van der Waals surface area (Å²) >= 11 is 6.38. The molecule has 0 radical (unpaired) electrons. The number of rotatable bonds is 1. The van der Waals surface area contributed by atoms with E-state index in [-0.39, 0.29) is 22.8 Å². The minimum absolute atomic E-state index is 0.0869. The van der Waals surface area contributed by atoms with Crippen LogP contribution < -0.4 is 14.4 Å². The minimum Gasteiger partial charge on any atom is -0.490 e. The highest BCUT2D eigenvalue weighted by Crippen LogP contribution is 2.46. The molecule has 226 valence electrons. The van der Waals surface area contributed by atoms with Crippen LogP contribution in [0.2, 0.25) is 5.02 Å². The summed E-state index contributed by atoms with van der Waals surface area (Å²) in [6.07, 6.45) is 7.41.